The van der Waals surface area contributed by atoms with Gasteiger partial charge in [0.05, 0.1) is 41.5 Å². The third kappa shape index (κ3) is 4.34. The molecule has 4 rings (SSSR count). The van der Waals surface area contributed by atoms with E-state index in [2.05, 4.69) is 40.7 Å². The fraction of sp³-hybridized carbons (Fsp3) is 0.273. The number of nitrogens with zero attached hydrogens (tertiary/aromatic N) is 3. The molecule has 0 amide bonds. The molecule has 152 valence electrons. The number of aromatic nitrogens is 3. The lowest BCUT2D eigenvalue weighted by Crippen LogP contribution is -2.20. The summed E-state index contributed by atoms with van der Waals surface area (Å²) in [6.45, 7) is 2.63. The van der Waals surface area contributed by atoms with Crippen LogP contribution in [0.3, 0.4) is 0 Å². The summed E-state index contributed by atoms with van der Waals surface area (Å²) in [4.78, 5) is 4.78. The first kappa shape index (κ1) is 21.0. The van der Waals surface area contributed by atoms with Crippen molar-refractivity contribution in [3.8, 4) is 0 Å². The lowest BCUT2D eigenvalue weighted by Gasteiger charge is -2.13. The van der Waals surface area contributed by atoms with Crippen molar-refractivity contribution in [2.24, 2.45) is 0 Å². The number of aryl methyl sites for hydroxylation is 1. The zero-order valence-electron chi connectivity index (χ0n) is 16.2. The molecule has 0 saturated heterocycles. The zero-order chi connectivity index (χ0) is 19.5. The van der Waals surface area contributed by atoms with Crippen molar-refractivity contribution in [2.75, 3.05) is 18.5 Å². The Kier molecular flexibility index (Phi) is 6.69. The third-order valence-corrected chi connectivity index (χ3v) is 4.90. The van der Waals surface area contributed by atoms with Gasteiger partial charge in [0.25, 0.3) is 0 Å². The van der Waals surface area contributed by atoms with Gasteiger partial charge in [0, 0.05) is 11.9 Å². The second-order valence-corrected chi connectivity index (χ2v) is 6.97. The minimum atomic E-state index is -0.870. The van der Waals surface area contributed by atoms with E-state index in [1.54, 1.807) is 4.68 Å². The van der Waals surface area contributed by atoms with Gasteiger partial charge >= 0.3 is 0 Å². The standard InChI is InChI=1S/C22H24N4O2.ClH/c1-15-20-21(23-12-11-16-7-3-2-4-8-16)18-9-5-6-10-19(18)24-22(20)26(25-15)13-17(28)14-27;/h2-10,17,27-28H,11-14H2,1H3,(H,23,24);1H. The van der Waals surface area contributed by atoms with E-state index < -0.39 is 6.10 Å². The molecule has 4 aromatic rings. The number of hydrogen-bond acceptors (Lipinski definition) is 5. The van der Waals surface area contributed by atoms with Gasteiger partial charge in [-0.05, 0) is 25.0 Å². The molecule has 0 aliphatic rings. The molecular formula is C22H25ClN4O2. The van der Waals surface area contributed by atoms with Crippen molar-refractivity contribution in [1.82, 2.24) is 14.8 Å². The van der Waals surface area contributed by atoms with E-state index in [0.29, 0.717) is 5.65 Å². The maximum Gasteiger partial charge on any atom is 0.160 e. The first-order valence-corrected chi connectivity index (χ1v) is 9.50. The number of para-hydroxylation sites is 1. The Balaban J connectivity index is 0.00000240. The Morgan fingerprint density at radius 1 is 1.07 bits per heavy atom. The summed E-state index contributed by atoms with van der Waals surface area (Å²) in [5.41, 5.74) is 4.73. The molecule has 7 heteroatoms. The van der Waals surface area contributed by atoms with E-state index in [0.717, 1.165) is 40.6 Å². The first-order valence-electron chi connectivity index (χ1n) is 9.50. The number of aliphatic hydroxyl groups is 2. The molecule has 2 aromatic carbocycles. The predicted octanol–water partition coefficient (Wildman–Crippen LogP) is 3.32. The smallest absolute Gasteiger partial charge is 0.160 e. The Morgan fingerprint density at radius 2 is 1.79 bits per heavy atom. The average molecular weight is 413 g/mol. The summed E-state index contributed by atoms with van der Waals surface area (Å²) in [6.07, 6.45) is 0.0420. The van der Waals surface area contributed by atoms with Gasteiger partial charge in [0.1, 0.15) is 0 Å². The minimum absolute atomic E-state index is 0. The largest absolute Gasteiger partial charge is 0.394 e. The molecule has 6 nitrogen and oxygen atoms in total. The van der Waals surface area contributed by atoms with Gasteiger partial charge < -0.3 is 15.5 Å². The van der Waals surface area contributed by atoms with Crippen molar-refractivity contribution in [3.05, 3.63) is 65.9 Å². The van der Waals surface area contributed by atoms with E-state index in [4.69, 9.17) is 4.98 Å². The van der Waals surface area contributed by atoms with Crippen molar-refractivity contribution < 1.29 is 10.2 Å². The van der Waals surface area contributed by atoms with E-state index in [9.17, 15) is 10.2 Å². The Labute approximate surface area is 175 Å². The van der Waals surface area contributed by atoms with Crippen LogP contribution in [0.25, 0.3) is 21.9 Å². The summed E-state index contributed by atoms with van der Waals surface area (Å²) < 4.78 is 1.68. The maximum atomic E-state index is 9.88. The highest BCUT2D eigenvalue weighted by atomic mass is 35.5. The van der Waals surface area contributed by atoms with Crippen LogP contribution in [-0.2, 0) is 13.0 Å². The molecule has 2 aromatic heterocycles. The fourth-order valence-electron chi connectivity index (χ4n) is 3.55. The van der Waals surface area contributed by atoms with Crippen LogP contribution >= 0.6 is 12.4 Å². The van der Waals surface area contributed by atoms with Crippen LogP contribution in [0.2, 0.25) is 0 Å². The lowest BCUT2D eigenvalue weighted by atomic mass is 10.1. The second-order valence-electron chi connectivity index (χ2n) is 6.97. The molecule has 0 saturated carbocycles. The van der Waals surface area contributed by atoms with Crippen molar-refractivity contribution in [3.63, 3.8) is 0 Å². The van der Waals surface area contributed by atoms with Crippen LogP contribution in [0.4, 0.5) is 5.69 Å². The maximum absolute atomic E-state index is 9.88. The van der Waals surface area contributed by atoms with Gasteiger partial charge in [-0.2, -0.15) is 5.10 Å². The quantitative estimate of drug-likeness (QED) is 0.433. The highest BCUT2D eigenvalue weighted by molar-refractivity contribution is 6.07. The second kappa shape index (κ2) is 9.22. The van der Waals surface area contributed by atoms with Gasteiger partial charge in [0.2, 0.25) is 0 Å². The highest BCUT2D eigenvalue weighted by Crippen LogP contribution is 2.33. The molecule has 3 N–H and O–H groups in total. The molecule has 1 unspecified atom stereocenters. The molecular weight excluding hydrogens is 388 g/mol. The van der Waals surface area contributed by atoms with Gasteiger partial charge in [-0.3, -0.25) is 0 Å². The molecule has 1 atom stereocenters. The number of nitrogens with one attached hydrogen (secondary N) is 1. The summed E-state index contributed by atoms with van der Waals surface area (Å²) in [6, 6.07) is 18.4. The van der Waals surface area contributed by atoms with Crippen LogP contribution in [0, 0.1) is 6.92 Å². The monoisotopic (exact) mass is 412 g/mol. The van der Waals surface area contributed by atoms with Crippen molar-refractivity contribution >= 4 is 40.0 Å². The summed E-state index contributed by atoms with van der Waals surface area (Å²) in [7, 11) is 0. The van der Waals surface area contributed by atoms with Crippen LogP contribution < -0.4 is 5.32 Å². The average Bonchev–Trinajstić information content (AvgIpc) is 3.03. The normalized spacial score (nSPS) is 12.1. The number of hydrogen-bond donors (Lipinski definition) is 3. The molecule has 0 aliphatic heterocycles. The number of anilines is 1. The van der Waals surface area contributed by atoms with Crippen LogP contribution in [0.15, 0.2) is 54.6 Å². The Bertz CT molecular complexity index is 1100. The summed E-state index contributed by atoms with van der Waals surface area (Å²) >= 11 is 0. The molecule has 0 radical (unpaired) electrons. The number of pyridine rings is 1. The molecule has 0 spiro atoms. The number of fused-ring (bicyclic) bond motifs is 2. The third-order valence-electron chi connectivity index (χ3n) is 4.90. The molecule has 0 aliphatic carbocycles. The van der Waals surface area contributed by atoms with Crippen molar-refractivity contribution in [1.29, 1.82) is 0 Å². The van der Waals surface area contributed by atoms with E-state index in [1.165, 1.54) is 5.56 Å². The van der Waals surface area contributed by atoms with Crippen LogP contribution in [-0.4, -0.2) is 44.2 Å². The van der Waals surface area contributed by atoms with Gasteiger partial charge in [-0.1, -0.05) is 48.5 Å². The van der Waals surface area contributed by atoms with Crippen molar-refractivity contribution in [2.45, 2.75) is 26.0 Å². The minimum Gasteiger partial charge on any atom is -0.394 e. The lowest BCUT2D eigenvalue weighted by molar-refractivity contribution is 0.0791. The fourth-order valence-corrected chi connectivity index (χ4v) is 3.55. The Morgan fingerprint density at radius 3 is 2.55 bits per heavy atom. The van der Waals surface area contributed by atoms with E-state index >= 15 is 0 Å². The topological polar surface area (TPSA) is 83.2 Å². The zero-order valence-corrected chi connectivity index (χ0v) is 17.1. The van der Waals surface area contributed by atoms with Gasteiger partial charge in [-0.25, -0.2) is 9.67 Å². The van der Waals surface area contributed by atoms with E-state index in [1.807, 2.05) is 31.2 Å². The van der Waals surface area contributed by atoms with E-state index in [-0.39, 0.29) is 25.6 Å². The van der Waals surface area contributed by atoms with Gasteiger partial charge in [-0.15, -0.1) is 12.4 Å². The number of rotatable bonds is 7. The van der Waals surface area contributed by atoms with Crippen LogP contribution in [0.5, 0.6) is 0 Å². The molecule has 29 heavy (non-hydrogen) atoms. The number of aliphatic hydroxyl groups excluding tert-OH is 2. The summed E-state index contributed by atoms with van der Waals surface area (Å²) in [5, 5.41) is 29.2. The van der Waals surface area contributed by atoms with Crippen LogP contribution in [0.1, 0.15) is 11.3 Å². The predicted molar refractivity (Wildman–Crippen MR) is 119 cm³/mol. The first-order chi connectivity index (χ1) is 13.7. The SMILES string of the molecule is Cc1nn(CC(O)CO)c2nc3ccccc3c(NCCc3ccccc3)c12.Cl. The number of halogens is 1. The van der Waals surface area contributed by atoms with Gasteiger partial charge in [0.15, 0.2) is 5.65 Å². The Hall–Kier alpha value is -2.67. The highest BCUT2D eigenvalue weighted by Gasteiger charge is 2.18. The molecule has 0 fully saturated rings. The molecule has 0 bridgehead atoms. The molecule has 2 heterocycles. The summed E-state index contributed by atoms with van der Waals surface area (Å²) in [5.74, 6) is 0. The number of benzene rings is 2.